The highest BCUT2D eigenvalue weighted by Gasteiger charge is 2.43. The van der Waals surface area contributed by atoms with Crippen LogP contribution in [0.3, 0.4) is 0 Å². The lowest BCUT2D eigenvalue weighted by Crippen LogP contribution is -2.40. The molecule has 1 aliphatic heterocycles. The van der Waals surface area contributed by atoms with Crippen LogP contribution in [0.4, 0.5) is 5.69 Å². The molecule has 0 aliphatic carbocycles. The number of esters is 2. The first-order chi connectivity index (χ1) is 17.5. The van der Waals surface area contributed by atoms with E-state index >= 15 is 0 Å². The number of furan rings is 1. The molecule has 0 spiro atoms. The third-order valence-electron chi connectivity index (χ3n) is 6.23. The Bertz CT molecular complexity index is 1630. The molecule has 2 N–H and O–H groups in total. The van der Waals surface area contributed by atoms with Crippen molar-refractivity contribution < 1.29 is 23.5 Å². The Hall–Kier alpha value is -5.03. The first-order valence-corrected chi connectivity index (χ1v) is 11.1. The minimum Gasteiger partial charge on any atom is -0.466 e. The lowest BCUT2D eigenvalue weighted by molar-refractivity contribution is -0.139. The van der Waals surface area contributed by atoms with Gasteiger partial charge in [0.25, 0.3) is 0 Å². The molecule has 8 nitrogen and oxygen atoms in total. The summed E-state index contributed by atoms with van der Waals surface area (Å²) in [6, 6.07) is 23.8. The molecule has 2 heterocycles. The molecule has 0 bridgehead atoms. The number of nitriles is 1. The fraction of sp³-hybridized carbons (Fsp3) is 0.107. The average Bonchev–Trinajstić information content (AvgIpc) is 3.31. The van der Waals surface area contributed by atoms with Gasteiger partial charge >= 0.3 is 11.9 Å². The quantitative estimate of drug-likeness (QED) is 0.426. The number of anilines is 1. The van der Waals surface area contributed by atoms with Gasteiger partial charge in [-0.15, -0.1) is 0 Å². The van der Waals surface area contributed by atoms with Gasteiger partial charge in [-0.25, -0.2) is 9.59 Å². The summed E-state index contributed by atoms with van der Waals surface area (Å²) in [7, 11) is 2.43. The van der Waals surface area contributed by atoms with Gasteiger partial charge in [-0.05, 0) is 23.8 Å². The maximum Gasteiger partial charge on any atom is 0.355 e. The number of allylic oxidation sites excluding steroid dienone is 1. The number of methoxy groups -OCH3 is 2. The lowest BCUT2D eigenvalue weighted by atomic mass is 9.81. The van der Waals surface area contributed by atoms with Gasteiger partial charge in [-0.1, -0.05) is 54.6 Å². The molecule has 0 fully saturated rings. The molecule has 178 valence electrons. The topological polar surface area (TPSA) is 119 Å². The van der Waals surface area contributed by atoms with E-state index in [4.69, 9.17) is 19.6 Å². The first-order valence-electron chi connectivity index (χ1n) is 11.1. The molecule has 36 heavy (non-hydrogen) atoms. The number of hydrogen-bond donors (Lipinski definition) is 1. The zero-order valence-corrected chi connectivity index (χ0v) is 19.5. The summed E-state index contributed by atoms with van der Waals surface area (Å²) >= 11 is 0. The highest BCUT2D eigenvalue weighted by molar-refractivity contribution is 6.15. The minimum atomic E-state index is -0.936. The van der Waals surface area contributed by atoms with Gasteiger partial charge in [0.2, 0.25) is 0 Å². The van der Waals surface area contributed by atoms with Crippen LogP contribution in [-0.4, -0.2) is 26.2 Å². The molecule has 3 aromatic carbocycles. The summed E-state index contributed by atoms with van der Waals surface area (Å²) in [6.07, 6.45) is 0. The summed E-state index contributed by atoms with van der Waals surface area (Å²) in [5.41, 5.74) is 8.80. The molecular formula is C28H21N3O5. The number of ether oxygens (including phenoxy) is 2. The smallest absolute Gasteiger partial charge is 0.355 e. The van der Waals surface area contributed by atoms with Gasteiger partial charge in [0, 0.05) is 5.39 Å². The van der Waals surface area contributed by atoms with Crippen LogP contribution < -0.4 is 10.6 Å². The number of carbonyl (C=O) groups excluding carboxylic acids is 2. The Balaban J connectivity index is 1.91. The average molecular weight is 479 g/mol. The summed E-state index contributed by atoms with van der Waals surface area (Å²) in [4.78, 5) is 28.0. The number of benzene rings is 3. The van der Waals surface area contributed by atoms with E-state index < -0.39 is 17.9 Å². The third kappa shape index (κ3) is 3.37. The van der Waals surface area contributed by atoms with E-state index in [1.807, 2.05) is 30.3 Å². The van der Waals surface area contributed by atoms with Crippen molar-refractivity contribution in [2.24, 2.45) is 5.73 Å². The number of rotatable bonds is 4. The summed E-state index contributed by atoms with van der Waals surface area (Å²) < 4.78 is 16.2. The van der Waals surface area contributed by atoms with Crippen LogP contribution >= 0.6 is 0 Å². The van der Waals surface area contributed by atoms with Gasteiger partial charge in [0.05, 0.1) is 48.4 Å². The van der Waals surface area contributed by atoms with Gasteiger partial charge in [-0.2, -0.15) is 5.26 Å². The molecule has 8 heteroatoms. The van der Waals surface area contributed by atoms with E-state index in [9.17, 15) is 14.9 Å². The van der Waals surface area contributed by atoms with E-state index in [1.165, 1.54) is 19.1 Å². The van der Waals surface area contributed by atoms with Gasteiger partial charge < -0.3 is 19.6 Å². The number of para-hydroxylation sites is 1. The van der Waals surface area contributed by atoms with Crippen LogP contribution in [0.5, 0.6) is 0 Å². The lowest BCUT2D eigenvalue weighted by Gasteiger charge is -2.36. The van der Waals surface area contributed by atoms with E-state index in [0.29, 0.717) is 27.8 Å². The van der Waals surface area contributed by atoms with Gasteiger partial charge in [0.1, 0.15) is 22.7 Å². The molecule has 0 radical (unpaired) electrons. The SMILES string of the molecule is COC(=O)C1=C(C(=O)OC)N(c2cccc3oc4ccccc4c23)C(N)=C(C#N)C1c1ccccc1. The van der Waals surface area contributed by atoms with Crippen molar-refractivity contribution in [1.82, 2.24) is 0 Å². The summed E-state index contributed by atoms with van der Waals surface area (Å²) in [5.74, 6) is -2.52. The van der Waals surface area contributed by atoms with Gasteiger partial charge in [-0.3, -0.25) is 4.90 Å². The van der Waals surface area contributed by atoms with Crippen molar-refractivity contribution >= 4 is 39.6 Å². The summed E-state index contributed by atoms with van der Waals surface area (Å²) in [6.45, 7) is 0. The predicted molar refractivity (Wildman–Crippen MR) is 133 cm³/mol. The van der Waals surface area contributed by atoms with E-state index in [2.05, 4.69) is 6.07 Å². The van der Waals surface area contributed by atoms with Crippen molar-refractivity contribution in [3.8, 4) is 6.07 Å². The Kier molecular flexibility index (Phi) is 5.66. The molecule has 5 rings (SSSR count). The maximum absolute atomic E-state index is 13.3. The highest BCUT2D eigenvalue weighted by atomic mass is 16.5. The fourth-order valence-corrected chi connectivity index (χ4v) is 4.71. The van der Waals surface area contributed by atoms with Crippen molar-refractivity contribution in [3.63, 3.8) is 0 Å². The Labute approximate surface area is 206 Å². The van der Waals surface area contributed by atoms with Crippen LogP contribution in [0.1, 0.15) is 11.5 Å². The molecule has 1 unspecified atom stereocenters. The standard InChI is InChI=1S/C28H21N3O5/c1-34-27(32)24-22(16-9-4-3-5-10-16)18(15-29)26(30)31(25(24)28(33)35-2)19-12-8-14-21-23(19)17-11-6-7-13-20(17)36-21/h3-14,22H,30H2,1-2H3. The summed E-state index contributed by atoms with van der Waals surface area (Å²) in [5, 5.41) is 11.7. The number of carbonyl (C=O) groups is 2. The molecule has 4 aromatic rings. The van der Waals surface area contributed by atoms with Crippen LogP contribution in [-0.2, 0) is 19.1 Å². The number of nitrogens with zero attached hydrogens (tertiary/aromatic N) is 2. The molecular weight excluding hydrogens is 458 g/mol. The highest BCUT2D eigenvalue weighted by Crippen LogP contribution is 2.46. The number of fused-ring (bicyclic) bond motifs is 3. The van der Waals surface area contributed by atoms with E-state index in [-0.39, 0.29) is 22.7 Å². The minimum absolute atomic E-state index is 0.00260. The first kappa shape index (κ1) is 22.7. The van der Waals surface area contributed by atoms with Crippen molar-refractivity contribution in [1.29, 1.82) is 5.26 Å². The van der Waals surface area contributed by atoms with Crippen LogP contribution in [0, 0.1) is 11.3 Å². The second-order valence-corrected chi connectivity index (χ2v) is 8.08. The molecule has 1 atom stereocenters. The predicted octanol–water partition coefficient (Wildman–Crippen LogP) is 4.48. The van der Waals surface area contributed by atoms with E-state index in [1.54, 1.807) is 42.5 Å². The Morgan fingerprint density at radius 1 is 0.917 bits per heavy atom. The largest absolute Gasteiger partial charge is 0.466 e. The molecule has 1 aliphatic rings. The Morgan fingerprint density at radius 2 is 1.58 bits per heavy atom. The Morgan fingerprint density at radius 3 is 2.28 bits per heavy atom. The van der Waals surface area contributed by atoms with Crippen LogP contribution in [0.15, 0.2) is 99.9 Å². The second kappa shape index (κ2) is 8.96. The maximum atomic E-state index is 13.3. The molecule has 1 aromatic heterocycles. The normalized spacial score (nSPS) is 15.8. The fourth-order valence-electron chi connectivity index (χ4n) is 4.71. The monoisotopic (exact) mass is 479 g/mol. The van der Waals surface area contributed by atoms with Crippen LogP contribution in [0.25, 0.3) is 21.9 Å². The van der Waals surface area contributed by atoms with Crippen LogP contribution in [0.2, 0.25) is 0 Å². The molecule has 0 saturated heterocycles. The number of hydrogen-bond acceptors (Lipinski definition) is 8. The molecule has 0 amide bonds. The third-order valence-corrected chi connectivity index (χ3v) is 6.23. The van der Waals surface area contributed by atoms with Gasteiger partial charge in [0.15, 0.2) is 0 Å². The number of nitrogens with two attached hydrogens (primary N) is 1. The van der Waals surface area contributed by atoms with Crippen molar-refractivity contribution in [3.05, 3.63) is 101 Å². The zero-order chi connectivity index (χ0) is 25.4. The second-order valence-electron chi connectivity index (χ2n) is 8.08. The zero-order valence-electron chi connectivity index (χ0n) is 19.5. The molecule has 0 saturated carbocycles. The van der Waals surface area contributed by atoms with Crippen molar-refractivity contribution in [2.45, 2.75) is 5.92 Å². The van der Waals surface area contributed by atoms with Crippen molar-refractivity contribution in [2.75, 3.05) is 19.1 Å². The van der Waals surface area contributed by atoms with E-state index in [0.717, 1.165) is 5.39 Å².